The zero-order valence-electron chi connectivity index (χ0n) is 10.6. The minimum Gasteiger partial charge on any atom is -0.462 e. The van der Waals surface area contributed by atoms with Crippen molar-refractivity contribution in [2.45, 2.75) is 13.8 Å². The van der Waals surface area contributed by atoms with Crippen LogP contribution >= 0.6 is 0 Å². The summed E-state index contributed by atoms with van der Waals surface area (Å²) in [6.45, 7) is 4.78. The van der Waals surface area contributed by atoms with Crippen molar-refractivity contribution in [1.29, 1.82) is 0 Å². The summed E-state index contributed by atoms with van der Waals surface area (Å²) in [5.74, 6) is 0.286. The lowest BCUT2D eigenvalue weighted by Crippen LogP contribution is -2.17. The van der Waals surface area contributed by atoms with Gasteiger partial charge in [0.05, 0.1) is 13.2 Å². The van der Waals surface area contributed by atoms with Gasteiger partial charge in [0, 0.05) is 13.1 Å². The molecule has 1 aromatic heterocycles. The molecule has 1 rings (SSSR count). The number of hydrogen-bond donors (Lipinski definition) is 3. The molecular formula is C11H18N4O3. The average Bonchev–Trinajstić information content (AvgIpc) is 2.37. The third kappa shape index (κ3) is 3.56. The molecule has 0 atom stereocenters. The van der Waals surface area contributed by atoms with E-state index in [-0.39, 0.29) is 18.8 Å². The van der Waals surface area contributed by atoms with E-state index in [0.29, 0.717) is 24.7 Å². The number of ether oxygens (including phenoxy) is 1. The topological polar surface area (TPSA) is 96.4 Å². The molecule has 0 saturated heterocycles. The number of carbonyl (C=O) groups excluding carboxylic acids is 1. The quantitative estimate of drug-likeness (QED) is 0.609. The first-order chi connectivity index (χ1) is 8.74. The average molecular weight is 254 g/mol. The smallest absolute Gasteiger partial charge is 0.345 e. The van der Waals surface area contributed by atoms with Gasteiger partial charge in [0.15, 0.2) is 0 Å². The number of aliphatic hydroxyl groups is 1. The molecule has 0 unspecified atom stereocenters. The van der Waals surface area contributed by atoms with Crippen LogP contribution in [0.25, 0.3) is 0 Å². The van der Waals surface area contributed by atoms with Crippen molar-refractivity contribution in [1.82, 2.24) is 9.97 Å². The van der Waals surface area contributed by atoms with Crippen molar-refractivity contribution < 1.29 is 14.6 Å². The van der Waals surface area contributed by atoms with Gasteiger partial charge in [-0.15, -0.1) is 0 Å². The van der Waals surface area contributed by atoms with E-state index in [1.54, 1.807) is 6.92 Å². The molecule has 0 aliphatic rings. The molecule has 0 fully saturated rings. The molecule has 7 heteroatoms. The van der Waals surface area contributed by atoms with Gasteiger partial charge in [-0.1, -0.05) is 0 Å². The maximum Gasteiger partial charge on any atom is 0.345 e. The highest BCUT2D eigenvalue weighted by Crippen LogP contribution is 2.20. The molecule has 100 valence electrons. The fourth-order valence-corrected chi connectivity index (χ4v) is 1.39. The summed E-state index contributed by atoms with van der Waals surface area (Å²) < 4.78 is 4.97. The standard InChI is InChI=1S/C11H18N4O3/c1-3-12-9-8(11(17)18-4-2)10(13-5-6-16)15-7-14-9/h7,16H,3-6H2,1-2H3,(H2,12,13,14,15). The summed E-state index contributed by atoms with van der Waals surface area (Å²) in [7, 11) is 0. The lowest BCUT2D eigenvalue weighted by Gasteiger charge is -2.13. The van der Waals surface area contributed by atoms with Crippen molar-refractivity contribution in [3.63, 3.8) is 0 Å². The monoisotopic (exact) mass is 254 g/mol. The van der Waals surface area contributed by atoms with Crippen molar-refractivity contribution >= 4 is 17.6 Å². The summed E-state index contributed by atoms with van der Waals surface area (Å²) in [6.07, 6.45) is 1.35. The number of hydrogen-bond acceptors (Lipinski definition) is 7. The van der Waals surface area contributed by atoms with Crippen LogP contribution in [0.5, 0.6) is 0 Å². The zero-order chi connectivity index (χ0) is 13.4. The SMILES string of the molecule is CCNc1ncnc(NCCO)c1C(=O)OCC. The van der Waals surface area contributed by atoms with E-state index in [9.17, 15) is 4.79 Å². The molecule has 0 spiro atoms. The minimum absolute atomic E-state index is 0.0528. The molecular weight excluding hydrogens is 236 g/mol. The molecule has 7 nitrogen and oxygen atoms in total. The zero-order valence-corrected chi connectivity index (χ0v) is 10.6. The Morgan fingerprint density at radius 1 is 1.33 bits per heavy atom. The van der Waals surface area contributed by atoms with Gasteiger partial charge in [0.1, 0.15) is 23.5 Å². The van der Waals surface area contributed by atoms with E-state index in [2.05, 4.69) is 20.6 Å². The van der Waals surface area contributed by atoms with Gasteiger partial charge >= 0.3 is 5.97 Å². The van der Waals surface area contributed by atoms with Crippen LogP contribution in [0.1, 0.15) is 24.2 Å². The number of carbonyl (C=O) groups is 1. The van der Waals surface area contributed by atoms with Crippen LogP contribution in [-0.2, 0) is 4.74 Å². The third-order valence-electron chi connectivity index (χ3n) is 2.08. The molecule has 18 heavy (non-hydrogen) atoms. The van der Waals surface area contributed by atoms with E-state index < -0.39 is 5.97 Å². The minimum atomic E-state index is -0.491. The first-order valence-electron chi connectivity index (χ1n) is 5.85. The second-order valence-electron chi connectivity index (χ2n) is 3.35. The molecule has 0 radical (unpaired) electrons. The predicted molar refractivity (Wildman–Crippen MR) is 67.7 cm³/mol. The van der Waals surface area contributed by atoms with Gasteiger partial charge in [-0.2, -0.15) is 0 Å². The van der Waals surface area contributed by atoms with Crippen molar-refractivity contribution in [3.8, 4) is 0 Å². The highest BCUT2D eigenvalue weighted by molar-refractivity contribution is 5.99. The fraction of sp³-hybridized carbons (Fsp3) is 0.545. The number of nitrogens with one attached hydrogen (secondary N) is 2. The van der Waals surface area contributed by atoms with Crippen molar-refractivity contribution in [2.24, 2.45) is 0 Å². The van der Waals surface area contributed by atoms with E-state index in [4.69, 9.17) is 9.84 Å². The summed E-state index contributed by atoms with van der Waals surface area (Å²) in [5, 5.41) is 14.6. The van der Waals surface area contributed by atoms with Gasteiger partial charge in [0.25, 0.3) is 0 Å². The van der Waals surface area contributed by atoms with Crippen molar-refractivity contribution in [3.05, 3.63) is 11.9 Å². The predicted octanol–water partition coefficient (Wildman–Crippen LogP) is 0.489. The molecule has 0 aromatic carbocycles. The van der Waals surface area contributed by atoms with E-state index in [0.717, 1.165) is 0 Å². The molecule has 1 heterocycles. The Morgan fingerprint density at radius 3 is 2.56 bits per heavy atom. The van der Waals surface area contributed by atoms with E-state index >= 15 is 0 Å². The maximum atomic E-state index is 11.9. The van der Waals surface area contributed by atoms with Crippen LogP contribution in [0.2, 0.25) is 0 Å². The molecule has 0 amide bonds. The summed E-state index contributed by atoms with van der Waals surface area (Å²) >= 11 is 0. The lowest BCUT2D eigenvalue weighted by molar-refractivity contribution is 0.0527. The number of aromatic nitrogens is 2. The Morgan fingerprint density at radius 2 is 2.00 bits per heavy atom. The largest absolute Gasteiger partial charge is 0.462 e. The van der Waals surface area contributed by atoms with Crippen LogP contribution in [0.15, 0.2) is 6.33 Å². The summed E-state index contributed by atoms with van der Waals surface area (Å²) in [4.78, 5) is 19.9. The van der Waals surface area contributed by atoms with Crippen LogP contribution in [0.3, 0.4) is 0 Å². The summed E-state index contributed by atoms with van der Waals surface area (Å²) in [6, 6.07) is 0. The highest BCUT2D eigenvalue weighted by Gasteiger charge is 2.19. The van der Waals surface area contributed by atoms with Crippen LogP contribution in [-0.4, -0.2) is 47.3 Å². The van der Waals surface area contributed by atoms with Crippen LogP contribution < -0.4 is 10.6 Å². The number of aliphatic hydroxyl groups excluding tert-OH is 1. The van der Waals surface area contributed by atoms with Crippen LogP contribution in [0.4, 0.5) is 11.6 Å². The van der Waals surface area contributed by atoms with Gasteiger partial charge < -0.3 is 20.5 Å². The first-order valence-corrected chi connectivity index (χ1v) is 5.85. The lowest BCUT2D eigenvalue weighted by atomic mass is 10.2. The highest BCUT2D eigenvalue weighted by atomic mass is 16.5. The van der Waals surface area contributed by atoms with Gasteiger partial charge in [-0.3, -0.25) is 0 Å². The van der Waals surface area contributed by atoms with E-state index in [1.807, 2.05) is 6.92 Å². The Balaban J connectivity index is 3.07. The van der Waals surface area contributed by atoms with Gasteiger partial charge in [0.2, 0.25) is 0 Å². The summed E-state index contributed by atoms with van der Waals surface area (Å²) in [5.41, 5.74) is 0.259. The van der Waals surface area contributed by atoms with Crippen LogP contribution in [0, 0.1) is 0 Å². The van der Waals surface area contributed by atoms with Gasteiger partial charge in [-0.05, 0) is 13.8 Å². The van der Waals surface area contributed by atoms with E-state index in [1.165, 1.54) is 6.33 Å². The molecule has 0 bridgehead atoms. The van der Waals surface area contributed by atoms with Gasteiger partial charge in [-0.25, -0.2) is 14.8 Å². The Kier molecular flexibility index (Phi) is 5.86. The molecule has 0 saturated carbocycles. The number of nitrogens with zero attached hydrogens (tertiary/aromatic N) is 2. The molecule has 3 N–H and O–H groups in total. The molecule has 1 aromatic rings. The molecule has 0 aliphatic heterocycles. The number of esters is 1. The Bertz CT molecular complexity index is 398. The Labute approximate surface area is 106 Å². The number of anilines is 2. The Hall–Kier alpha value is -1.89. The first kappa shape index (κ1) is 14.2. The normalized spacial score (nSPS) is 9.94. The fourth-order valence-electron chi connectivity index (χ4n) is 1.39. The second-order valence-corrected chi connectivity index (χ2v) is 3.35. The molecule has 0 aliphatic carbocycles. The maximum absolute atomic E-state index is 11.9. The van der Waals surface area contributed by atoms with Crippen molar-refractivity contribution in [2.75, 3.05) is 36.9 Å². The second kappa shape index (κ2) is 7.44. The number of rotatable bonds is 7. The third-order valence-corrected chi connectivity index (χ3v) is 2.08.